The molecule has 1 amide bonds. The van der Waals surface area contributed by atoms with E-state index in [2.05, 4.69) is 10.0 Å². The molecule has 2 N–H and O–H groups in total. The maximum absolute atomic E-state index is 12.8. The van der Waals surface area contributed by atoms with E-state index in [9.17, 15) is 13.2 Å². The summed E-state index contributed by atoms with van der Waals surface area (Å²) in [6.07, 6.45) is 0. The second-order valence-electron chi connectivity index (χ2n) is 7.35. The number of rotatable bonds is 8. The number of benzene rings is 3. The Morgan fingerprint density at radius 2 is 1.61 bits per heavy atom. The second kappa shape index (κ2) is 9.66. The van der Waals surface area contributed by atoms with Gasteiger partial charge in [0.25, 0.3) is 15.9 Å². The molecule has 0 heterocycles. The van der Waals surface area contributed by atoms with Crippen molar-refractivity contribution in [2.75, 3.05) is 11.3 Å². The molecule has 0 aliphatic rings. The highest BCUT2D eigenvalue weighted by molar-refractivity contribution is 7.92. The zero-order valence-electron chi connectivity index (χ0n) is 17.8. The Labute approximate surface area is 183 Å². The van der Waals surface area contributed by atoms with Gasteiger partial charge in [0.2, 0.25) is 0 Å². The first kappa shape index (κ1) is 22.4. The molecule has 6 nitrogen and oxygen atoms in total. The van der Waals surface area contributed by atoms with Crippen molar-refractivity contribution in [2.24, 2.45) is 0 Å². The SMILES string of the molecule is Cc1ccccc1OC[C@H](C)NC(=O)c1cccc(NS(=O)(=O)c2ccccc2)c1C. The molecule has 3 aromatic carbocycles. The Morgan fingerprint density at radius 1 is 0.935 bits per heavy atom. The van der Waals surface area contributed by atoms with Crippen LogP contribution in [-0.2, 0) is 10.0 Å². The molecule has 7 heteroatoms. The standard InChI is InChI=1S/C24H26N2O4S/c1-17-10-7-8-15-23(17)30-16-18(2)25-24(27)21-13-9-14-22(19(21)3)26-31(28,29)20-11-5-4-6-12-20/h4-15,18,26H,16H2,1-3H3,(H,25,27)/t18-/m0/s1. The first-order valence-electron chi connectivity index (χ1n) is 9.94. The number of anilines is 1. The van der Waals surface area contributed by atoms with E-state index in [1.54, 1.807) is 43.3 Å². The highest BCUT2D eigenvalue weighted by Crippen LogP contribution is 2.23. The quantitative estimate of drug-likeness (QED) is 0.549. The molecular formula is C24H26N2O4S. The number of para-hydroxylation sites is 1. The Balaban J connectivity index is 1.69. The van der Waals surface area contributed by atoms with Crippen molar-refractivity contribution in [3.8, 4) is 5.75 Å². The van der Waals surface area contributed by atoms with Gasteiger partial charge in [-0.1, -0.05) is 42.5 Å². The predicted molar refractivity (Wildman–Crippen MR) is 122 cm³/mol. The van der Waals surface area contributed by atoms with E-state index in [0.717, 1.165) is 11.3 Å². The van der Waals surface area contributed by atoms with Crippen LogP contribution < -0.4 is 14.8 Å². The molecule has 0 spiro atoms. The molecule has 31 heavy (non-hydrogen) atoms. The number of sulfonamides is 1. The topological polar surface area (TPSA) is 84.5 Å². The summed E-state index contributed by atoms with van der Waals surface area (Å²) in [5.41, 5.74) is 2.33. The number of amides is 1. The van der Waals surface area contributed by atoms with Crippen molar-refractivity contribution in [1.29, 1.82) is 0 Å². The third-order valence-corrected chi connectivity index (χ3v) is 6.22. The summed E-state index contributed by atoms with van der Waals surface area (Å²) < 4.78 is 33.6. The summed E-state index contributed by atoms with van der Waals surface area (Å²) in [6.45, 7) is 5.85. The molecule has 0 saturated heterocycles. The van der Waals surface area contributed by atoms with E-state index in [1.807, 2.05) is 38.1 Å². The molecular weight excluding hydrogens is 412 g/mol. The molecule has 162 valence electrons. The fourth-order valence-electron chi connectivity index (χ4n) is 3.07. The van der Waals surface area contributed by atoms with Gasteiger partial charge in [0, 0.05) is 5.56 Å². The van der Waals surface area contributed by atoms with Gasteiger partial charge >= 0.3 is 0 Å². The zero-order valence-corrected chi connectivity index (χ0v) is 18.6. The van der Waals surface area contributed by atoms with E-state index in [0.29, 0.717) is 23.4 Å². The monoisotopic (exact) mass is 438 g/mol. The Kier molecular flexibility index (Phi) is 6.97. The molecule has 0 saturated carbocycles. The first-order valence-corrected chi connectivity index (χ1v) is 11.4. The number of aryl methyl sites for hydroxylation is 1. The Hall–Kier alpha value is -3.32. The lowest BCUT2D eigenvalue weighted by Crippen LogP contribution is -2.37. The molecule has 0 bridgehead atoms. The summed E-state index contributed by atoms with van der Waals surface area (Å²) in [6, 6.07) is 20.5. The van der Waals surface area contributed by atoms with E-state index in [4.69, 9.17) is 4.74 Å². The van der Waals surface area contributed by atoms with Gasteiger partial charge in [-0.25, -0.2) is 8.42 Å². The van der Waals surface area contributed by atoms with Crippen LogP contribution in [0.4, 0.5) is 5.69 Å². The van der Waals surface area contributed by atoms with Crippen LogP contribution in [-0.4, -0.2) is 27.0 Å². The smallest absolute Gasteiger partial charge is 0.261 e. The van der Waals surface area contributed by atoms with Crippen LogP contribution in [0, 0.1) is 13.8 Å². The molecule has 0 aliphatic heterocycles. The van der Waals surface area contributed by atoms with E-state index < -0.39 is 10.0 Å². The minimum absolute atomic E-state index is 0.159. The van der Waals surface area contributed by atoms with Gasteiger partial charge in [-0.05, 0) is 62.2 Å². The largest absolute Gasteiger partial charge is 0.491 e. The van der Waals surface area contributed by atoms with Gasteiger partial charge < -0.3 is 10.1 Å². The van der Waals surface area contributed by atoms with Crippen LogP contribution in [0.5, 0.6) is 5.75 Å². The third kappa shape index (κ3) is 5.64. The molecule has 0 fully saturated rings. The number of nitrogens with one attached hydrogen (secondary N) is 2. The predicted octanol–water partition coefficient (Wildman–Crippen LogP) is 4.30. The molecule has 0 aliphatic carbocycles. The van der Waals surface area contributed by atoms with Crippen LogP contribution in [0.25, 0.3) is 0 Å². The lowest BCUT2D eigenvalue weighted by atomic mass is 10.1. The number of hydrogen-bond donors (Lipinski definition) is 2. The molecule has 3 rings (SSSR count). The van der Waals surface area contributed by atoms with Crippen molar-refractivity contribution < 1.29 is 17.9 Å². The van der Waals surface area contributed by atoms with E-state index in [1.165, 1.54) is 12.1 Å². The second-order valence-corrected chi connectivity index (χ2v) is 9.03. The summed E-state index contributed by atoms with van der Waals surface area (Å²) >= 11 is 0. The molecule has 0 aromatic heterocycles. The zero-order chi connectivity index (χ0) is 22.4. The summed E-state index contributed by atoms with van der Waals surface area (Å²) in [4.78, 5) is 13.0. The molecule has 0 radical (unpaired) electrons. The Bertz CT molecular complexity index is 1160. The minimum Gasteiger partial charge on any atom is -0.491 e. The highest BCUT2D eigenvalue weighted by Gasteiger charge is 2.19. The van der Waals surface area contributed by atoms with Crippen molar-refractivity contribution in [1.82, 2.24) is 5.32 Å². The van der Waals surface area contributed by atoms with E-state index >= 15 is 0 Å². The van der Waals surface area contributed by atoms with E-state index in [-0.39, 0.29) is 16.8 Å². The average molecular weight is 439 g/mol. The number of carbonyl (C=O) groups excluding carboxylic acids is 1. The first-order chi connectivity index (χ1) is 14.8. The van der Waals surface area contributed by atoms with Gasteiger partial charge in [-0.15, -0.1) is 0 Å². The van der Waals surface area contributed by atoms with Crippen LogP contribution in [0.2, 0.25) is 0 Å². The summed E-state index contributed by atoms with van der Waals surface area (Å²) in [5, 5.41) is 2.91. The molecule has 3 aromatic rings. The van der Waals surface area contributed by atoms with Crippen molar-refractivity contribution in [3.63, 3.8) is 0 Å². The molecule has 1 atom stereocenters. The number of hydrogen-bond acceptors (Lipinski definition) is 4. The van der Waals surface area contributed by atoms with Crippen LogP contribution in [0.1, 0.15) is 28.4 Å². The summed E-state index contributed by atoms with van der Waals surface area (Å²) in [5.74, 6) is 0.483. The molecule has 0 unspecified atom stereocenters. The number of carbonyl (C=O) groups is 1. The van der Waals surface area contributed by atoms with Gasteiger partial charge in [-0.2, -0.15) is 0 Å². The van der Waals surface area contributed by atoms with Crippen LogP contribution in [0.3, 0.4) is 0 Å². The summed E-state index contributed by atoms with van der Waals surface area (Å²) in [7, 11) is -3.75. The van der Waals surface area contributed by atoms with Crippen molar-refractivity contribution in [3.05, 3.63) is 89.5 Å². The maximum Gasteiger partial charge on any atom is 0.261 e. The average Bonchev–Trinajstić information content (AvgIpc) is 2.75. The minimum atomic E-state index is -3.75. The van der Waals surface area contributed by atoms with Crippen molar-refractivity contribution in [2.45, 2.75) is 31.7 Å². The van der Waals surface area contributed by atoms with Gasteiger partial charge in [0.15, 0.2) is 0 Å². The Morgan fingerprint density at radius 3 is 2.32 bits per heavy atom. The van der Waals surface area contributed by atoms with Crippen molar-refractivity contribution >= 4 is 21.6 Å². The van der Waals surface area contributed by atoms with Crippen LogP contribution in [0.15, 0.2) is 77.7 Å². The third-order valence-electron chi connectivity index (χ3n) is 4.84. The highest BCUT2D eigenvalue weighted by atomic mass is 32.2. The lowest BCUT2D eigenvalue weighted by molar-refractivity contribution is 0.0926. The van der Waals surface area contributed by atoms with Gasteiger partial charge in [0.1, 0.15) is 12.4 Å². The fraction of sp³-hybridized carbons (Fsp3) is 0.208. The number of ether oxygens (including phenoxy) is 1. The van der Waals surface area contributed by atoms with Gasteiger partial charge in [0.05, 0.1) is 16.6 Å². The normalized spacial score (nSPS) is 12.1. The maximum atomic E-state index is 12.8. The van der Waals surface area contributed by atoms with Gasteiger partial charge in [-0.3, -0.25) is 9.52 Å². The fourth-order valence-corrected chi connectivity index (χ4v) is 4.22. The lowest BCUT2D eigenvalue weighted by Gasteiger charge is -2.18. The van der Waals surface area contributed by atoms with Crippen LogP contribution >= 0.6 is 0 Å².